The van der Waals surface area contributed by atoms with Gasteiger partial charge in [-0.3, -0.25) is 19.0 Å². The number of para-hydroxylation sites is 2. The van der Waals surface area contributed by atoms with Gasteiger partial charge >= 0.3 is 0 Å². The smallest absolute Gasteiger partial charge is 0.254 e. The summed E-state index contributed by atoms with van der Waals surface area (Å²) < 4.78 is 42.4. The van der Waals surface area contributed by atoms with E-state index in [0.717, 1.165) is 141 Å². The molecule has 1 unspecified atom stereocenters. The van der Waals surface area contributed by atoms with Gasteiger partial charge in [0.25, 0.3) is 5.91 Å². The van der Waals surface area contributed by atoms with Gasteiger partial charge in [0.2, 0.25) is 15.9 Å². The quantitative estimate of drug-likeness (QED) is 0.0250. The van der Waals surface area contributed by atoms with E-state index >= 15 is 0 Å². The number of aliphatic hydroxyl groups is 1. The van der Waals surface area contributed by atoms with E-state index in [1.165, 1.54) is 57.3 Å². The molecule has 0 radical (unpaired) electrons. The van der Waals surface area contributed by atoms with Crippen molar-refractivity contribution in [3.63, 3.8) is 0 Å². The number of ketones is 1. The number of phenols is 5. The fraction of sp³-hybridized carbons (Fsp3) is 0.178. The van der Waals surface area contributed by atoms with E-state index in [1.807, 2.05) is 132 Å². The van der Waals surface area contributed by atoms with Crippen LogP contribution in [0.15, 0.2) is 219 Å². The van der Waals surface area contributed by atoms with E-state index in [0.29, 0.717) is 76.0 Å². The molecule has 0 saturated heterocycles. The molecule has 0 fully saturated rings. The second kappa shape index (κ2) is 46.8. The van der Waals surface area contributed by atoms with E-state index in [-0.39, 0.29) is 78.8 Å². The molecule has 7 heterocycles. The summed E-state index contributed by atoms with van der Waals surface area (Å²) in [6.07, 6.45) is 9.07. The number of amides is 1. The van der Waals surface area contributed by atoms with E-state index in [1.54, 1.807) is 95.0 Å². The Hall–Kier alpha value is -15.4. The molecule has 6 aromatic heterocycles. The lowest BCUT2D eigenvalue weighted by Gasteiger charge is -2.09. The summed E-state index contributed by atoms with van der Waals surface area (Å²) in [6.45, 7) is 22.6. The summed E-state index contributed by atoms with van der Waals surface area (Å²) in [5.41, 5.74) is 15.7. The summed E-state index contributed by atoms with van der Waals surface area (Å²) in [5.74, 6) is 38.2. The van der Waals surface area contributed by atoms with Crippen molar-refractivity contribution < 1.29 is 62.9 Å². The lowest BCUT2D eigenvalue weighted by Crippen LogP contribution is -2.21. The van der Waals surface area contributed by atoms with E-state index in [9.17, 15) is 53.4 Å². The van der Waals surface area contributed by atoms with Gasteiger partial charge in [-0.05, 0) is 210 Å². The van der Waals surface area contributed by atoms with Gasteiger partial charge in [0.15, 0.2) is 5.78 Å². The first-order valence-electron chi connectivity index (χ1n) is 42.7. The summed E-state index contributed by atoms with van der Waals surface area (Å²) in [4.78, 5) is 56.2. The molecule has 23 nitrogen and oxygen atoms in total. The number of allylic oxidation sites excluding steroid dienone is 2. The number of benzene rings is 10. The molecule has 1 amide bonds. The molecular weight excluding hydrogens is 1830 g/mol. The minimum atomic E-state index is -3.49. The monoisotopic (exact) mass is 1920 g/mol. The first-order chi connectivity index (χ1) is 65.6. The van der Waals surface area contributed by atoms with Gasteiger partial charge in [0.05, 0.1) is 85.5 Å². The normalized spacial score (nSPS) is 11.4. The molecule has 0 saturated carbocycles. The van der Waals surface area contributed by atoms with Crippen LogP contribution in [-0.2, 0) is 45.3 Å². The number of hydrogen-bond donors (Lipinski definition) is 10. The van der Waals surface area contributed by atoms with Crippen molar-refractivity contribution in [1.29, 1.82) is 0 Å². The Kier molecular flexibility index (Phi) is 33.8. The number of fused-ring (bicyclic) bond motifs is 7. The molecule has 0 aliphatic carbocycles. The number of nitrogens with one attached hydrogen (secondary N) is 4. The van der Waals surface area contributed by atoms with Crippen LogP contribution in [0.3, 0.4) is 0 Å². The number of thiazole rings is 5. The number of aromatic hydroxyl groups is 5. The number of aryl methyl sites for hydroxylation is 7. The van der Waals surface area contributed by atoms with Crippen molar-refractivity contribution in [1.82, 2.24) is 34.2 Å². The maximum atomic E-state index is 11.9. The van der Waals surface area contributed by atoms with E-state index < -0.39 is 10.0 Å². The van der Waals surface area contributed by atoms with Crippen LogP contribution in [-0.4, -0.2) is 125 Å². The second-order valence-corrected chi connectivity index (χ2v) is 38.3. The number of phenolic OH excluding ortho intramolecular Hbond substituents is 5. The molecule has 1 aliphatic heterocycles. The highest BCUT2D eigenvalue weighted by Gasteiger charge is 2.22. The lowest BCUT2D eigenvalue weighted by atomic mass is 10.0. The number of ether oxygens (including phenoxy) is 2. The van der Waals surface area contributed by atoms with Crippen LogP contribution in [0.25, 0.3) is 62.0 Å². The minimum Gasteiger partial charge on any atom is -0.506 e. The van der Waals surface area contributed by atoms with Crippen molar-refractivity contribution in [2.45, 2.75) is 92.5 Å². The number of aromatic nitrogens is 6. The molecular formula is C107H92N10O13S6. The van der Waals surface area contributed by atoms with Crippen molar-refractivity contribution in [3.8, 4) is 111 Å². The molecule has 10 N–H and O–H groups in total. The Bertz CT molecular complexity index is 7780. The van der Waals surface area contributed by atoms with Crippen LogP contribution < -0.4 is 30.1 Å². The average Bonchev–Trinajstić information content (AvgIpc) is 1.68. The maximum Gasteiger partial charge on any atom is 0.254 e. The SMILES string of the molecule is C=CC(=O)Cc1cccc(OCC#Cc2cc(O)c3nc(C)sc3c2)c1.C=CC(=O)n1ccc2ccc(CCC#Cc3cc(O)c4nc(C)sc4c3)cc21.C=CS(=O)(=O)NCC#Cc1ccccc1NCC#Cc1cc(O)c2nc(C)sc2c1.CCC(=O)Nc1ccc(OCC#Cc2cc(O)c3nc(C)sc3c2)cc1.Cc1nc2c(O)cc(C#CCCc3cccc4c3NC(CO)C4)cc2s1. The Balaban J connectivity index is 0.000000144. The molecule has 0 bridgehead atoms. The van der Waals surface area contributed by atoms with Crippen molar-refractivity contribution in [2.24, 2.45) is 0 Å². The Morgan fingerprint density at radius 1 is 0.515 bits per heavy atom. The van der Waals surface area contributed by atoms with Crippen LogP contribution >= 0.6 is 56.7 Å². The molecule has 1 aliphatic rings. The fourth-order valence-corrected chi connectivity index (χ4v) is 18.8. The zero-order valence-electron chi connectivity index (χ0n) is 74.9. The first-order valence-corrected chi connectivity index (χ1v) is 48.3. The van der Waals surface area contributed by atoms with Crippen LogP contribution in [0.2, 0.25) is 0 Å². The molecule has 16 aromatic rings. The van der Waals surface area contributed by atoms with Crippen LogP contribution in [0, 0.1) is 106 Å². The summed E-state index contributed by atoms with van der Waals surface area (Å²) >= 11 is 7.67. The summed E-state index contributed by atoms with van der Waals surface area (Å²) in [5, 5.41) is 75.5. The van der Waals surface area contributed by atoms with Crippen molar-refractivity contribution in [3.05, 3.63) is 300 Å². The number of carbonyl (C=O) groups is 3. The maximum absolute atomic E-state index is 11.9. The number of hydrogen-bond acceptors (Lipinski definition) is 25. The third-order valence-electron chi connectivity index (χ3n) is 20.3. The number of rotatable bonds is 20. The fourth-order valence-electron chi connectivity index (χ4n) is 14.0. The number of anilines is 3. The molecule has 10 aromatic carbocycles. The molecule has 29 heteroatoms. The predicted octanol–water partition coefficient (Wildman–Crippen LogP) is 20.0. The Morgan fingerprint density at radius 3 is 1.50 bits per heavy atom. The highest BCUT2D eigenvalue weighted by Crippen LogP contribution is 2.37. The Labute approximate surface area is 807 Å². The van der Waals surface area contributed by atoms with Gasteiger partial charge < -0.3 is 56.1 Å². The predicted molar refractivity (Wildman–Crippen MR) is 549 cm³/mol. The molecule has 684 valence electrons. The van der Waals surface area contributed by atoms with Crippen molar-refractivity contribution >= 4 is 163 Å². The molecule has 1 atom stereocenters. The minimum absolute atomic E-state index is 0.00842. The molecule has 136 heavy (non-hydrogen) atoms. The summed E-state index contributed by atoms with van der Waals surface area (Å²) in [6, 6.07) is 54.2. The van der Waals surface area contributed by atoms with Crippen LogP contribution in [0.4, 0.5) is 17.1 Å². The third kappa shape index (κ3) is 27.2. The summed E-state index contributed by atoms with van der Waals surface area (Å²) in [7, 11) is -3.49. The topological polar surface area (TPSA) is 343 Å². The zero-order valence-corrected chi connectivity index (χ0v) is 79.8. The molecule has 0 spiro atoms. The van der Waals surface area contributed by atoms with Gasteiger partial charge in [-0.25, -0.2) is 33.3 Å². The molecule has 17 rings (SSSR count). The number of carbonyl (C=O) groups excluding carboxylic acids is 3. The largest absolute Gasteiger partial charge is 0.506 e. The Morgan fingerprint density at radius 2 is 1.00 bits per heavy atom. The highest BCUT2D eigenvalue weighted by atomic mass is 32.2. The van der Waals surface area contributed by atoms with Crippen LogP contribution in [0.5, 0.6) is 40.2 Å². The van der Waals surface area contributed by atoms with E-state index in [4.69, 9.17) is 9.47 Å². The lowest BCUT2D eigenvalue weighted by molar-refractivity contribution is -0.116. The van der Waals surface area contributed by atoms with Crippen molar-refractivity contribution in [2.75, 3.05) is 48.9 Å². The third-order valence-corrected chi connectivity index (χ3v) is 25.8. The van der Waals surface area contributed by atoms with Gasteiger partial charge in [-0.2, -0.15) is 4.72 Å². The number of nitrogens with zero attached hydrogens (tertiary/aromatic N) is 6. The first kappa shape index (κ1) is 98.2. The average molecular weight is 1920 g/mol. The number of sulfonamides is 1. The van der Waals surface area contributed by atoms with Gasteiger partial charge in [0.1, 0.15) is 81.0 Å². The van der Waals surface area contributed by atoms with Crippen LogP contribution in [0.1, 0.15) is 112 Å². The van der Waals surface area contributed by atoms with Gasteiger partial charge in [0, 0.05) is 87.4 Å². The zero-order chi connectivity index (χ0) is 96.4. The highest BCUT2D eigenvalue weighted by molar-refractivity contribution is 7.92. The standard InChI is InChI=1S/C23H18N2O2S.C22H19N3O3S2.C21H20N2O2S.C21H17NO3S.C20H18N2O3S/c1-3-22(27)25-11-10-18-9-8-16(12-19(18)25)6-4-5-7-17-13-20(26)23-21(14-17)28-15(2)24-23;1-3-30(27,28)24-13-7-10-18-9-4-5-11-19(18)23-12-6-8-17-14-20(26)22-21(15-17)29-16(2)25-22;1-13-22-21-18(25)9-14(10-19(21)26-13)5-2-3-6-15-7-4-8-16-11-17(12-24)23-20(15)16;1-3-17(23)10-15-6-4-8-18(11-15)25-9-5-7-16-12-19(24)21-20(13-16)26-14(2)22-21;1-3-19(24)22-15-6-8-16(9-7-15)25-10-4-5-14-11-17(23)20-18(12-14)26-13(2)21-20/h3,8-14,26H,1,4,6H2,2H3;3-5,9,11,14-15,23-24,26H,1,12-13H2,2H3;4,7-10,17,23-25H,3,6,11-12H2,1H3;3-4,6,8,11-13,24H,1,9-10H2,2H3;6-9,11-12,23H,3,10H2,1-2H3,(H,22,24). The van der Waals surface area contributed by atoms with E-state index in [2.05, 4.69) is 161 Å². The van der Waals surface area contributed by atoms with Gasteiger partial charge in [-0.15, -0.1) is 56.7 Å². The second-order valence-electron chi connectivity index (χ2n) is 30.4. The van der Waals surface area contributed by atoms with Gasteiger partial charge in [-0.1, -0.05) is 152 Å². The number of aliphatic hydroxyl groups excluding tert-OH is 1.